The van der Waals surface area contributed by atoms with Gasteiger partial charge in [0.25, 0.3) is 0 Å². The van der Waals surface area contributed by atoms with Gasteiger partial charge in [-0.1, -0.05) is 0 Å². The molecule has 0 heterocycles. The maximum atomic E-state index is 0. The van der Waals surface area contributed by atoms with E-state index in [4.69, 9.17) is 0 Å². The Balaban J connectivity index is 0. The van der Waals surface area contributed by atoms with Gasteiger partial charge in [0, 0.05) is 0 Å². The van der Waals surface area contributed by atoms with Crippen LogP contribution in [-0.2, 0) is 0 Å². The van der Waals surface area contributed by atoms with Crippen molar-refractivity contribution in [1.29, 1.82) is 0 Å². The van der Waals surface area contributed by atoms with Crippen molar-refractivity contribution in [3.63, 3.8) is 0 Å². The Morgan fingerprint density at radius 3 is 1.00 bits per heavy atom. The van der Waals surface area contributed by atoms with Gasteiger partial charge in [-0.3, -0.25) is 0 Å². The average Bonchev–Trinajstić information content (AvgIpc) is 0. The zero-order chi connectivity index (χ0) is 0. The molecule has 4 heavy (non-hydrogen) atoms. The Bertz CT molecular complexity index is 8.00. The van der Waals surface area contributed by atoms with E-state index in [1.165, 1.54) is 0 Å². The number of rotatable bonds is 0. The van der Waals surface area contributed by atoms with Crippen LogP contribution in [0.15, 0.2) is 0 Å². The maximum Gasteiger partial charge on any atom is 2.00 e. The van der Waals surface area contributed by atoms with Crippen LogP contribution in [0.3, 0.4) is 0 Å². The van der Waals surface area contributed by atoms with Gasteiger partial charge < -0.3 is 24.0 Å². The molecule has 0 radical (unpaired) electrons. The number of hydrogen-bond acceptors (Lipinski definition) is 0. The molecule has 0 aromatic heterocycles. The predicted octanol–water partition coefficient (Wildman–Crippen LogP) is -3.83. The fourth-order valence-electron chi connectivity index (χ4n) is 0. The third-order valence-corrected chi connectivity index (χ3v) is 0. The van der Waals surface area contributed by atoms with E-state index in [-0.39, 0.29) is 47.1 Å². The van der Waals surface area contributed by atoms with Crippen LogP contribution in [0.4, 0.5) is 0 Å². The summed E-state index contributed by atoms with van der Waals surface area (Å²) in [7, 11) is 0. The SMILES string of the molecule is O.[Cl-].[Mg+2].[NH4+]. The van der Waals surface area contributed by atoms with Gasteiger partial charge in [0.15, 0.2) is 0 Å². The minimum Gasteiger partial charge on any atom is -1.00 e. The zero-order valence-corrected chi connectivity index (χ0v) is 4.76. The number of quaternary nitrogens is 1. The van der Waals surface area contributed by atoms with Crippen molar-refractivity contribution < 1.29 is 17.9 Å². The first-order valence-electron chi connectivity index (χ1n) is 0. The zero-order valence-electron chi connectivity index (χ0n) is 2.59. The molecule has 0 atom stereocenters. The molecule has 4 heteroatoms. The summed E-state index contributed by atoms with van der Waals surface area (Å²) in [5.74, 6) is 0. The van der Waals surface area contributed by atoms with Gasteiger partial charge in [-0.05, 0) is 0 Å². The molecule has 2 nitrogen and oxygen atoms in total. The third kappa shape index (κ3) is 12.2. The summed E-state index contributed by atoms with van der Waals surface area (Å²) in [5, 5.41) is 0. The van der Waals surface area contributed by atoms with E-state index < -0.39 is 0 Å². The van der Waals surface area contributed by atoms with Gasteiger partial charge in [0.05, 0.1) is 0 Å². The molecule has 0 aliphatic carbocycles. The summed E-state index contributed by atoms with van der Waals surface area (Å²) in [4.78, 5) is 0. The van der Waals surface area contributed by atoms with Crippen molar-refractivity contribution in [3.8, 4) is 0 Å². The van der Waals surface area contributed by atoms with E-state index >= 15 is 0 Å². The molecule has 0 fully saturated rings. The Morgan fingerprint density at radius 1 is 1.00 bits per heavy atom. The molecule has 0 aliphatic rings. The van der Waals surface area contributed by atoms with E-state index in [0.29, 0.717) is 0 Å². The first kappa shape index (κ1) is 82.6. The van der Waals surface area contributed by atoms with Crippen LogP contribution in [0.25, 0.3) is 0 Å². The summed E-state index contributed by atoms with van der Waals surface area (Å²) in [6.45, 7) is 0. The van der Waals surface area contributed by atoms with E-state index in [0.717, 1.165) is 0 Å². The van der Waals surface area contributed by atoms with Gasteiger partial charge in [-0.15, -0.1) is 0 Å². The monoisotopic (exact) mass is 95.0 g/mol. The van der Waals surface area contributed by atoms with Gasteiger partial charge in [-0.25, -0.2) is 0 Å². The fourth-order valence-corrected chi connectivity index (χ4v) is 0. The predicted molar refractivity (Wildman–Crippen MR) is 15.4 cm³/mol. The quantitative estimate of drug-likeness (QED) is 0.300. The molecule has 0 spiro atoms. The second-order valence-corrected chi connectivity index (χ2v) is 0. The van der Waals surface area contributed by atoms with Crippen LogP contribution in [0.1, 0.15) is 0 Å². The van der Waals surface area contributed by atoms with E-state index in [2.05, 4.69) is 0 Å². The summed E-state index contributed by atoms with van der Waals surface area (Å²) in [6, 6.07) is 0. The largest absolute Gasteiger partial charge is 2.00 e. The standard InChI is InChI=1S/ClH.Mg.H3N.H2O/h1H;;1H3;1H2/q;+2;;. The average molecular weight is 95.8 g/mol. The first-order valence-corrected chi connectivity index (χ1v) is 0. The molecular formula is H6ClMgNO+2. The smallest absolute Gasteiger partial charge is 1.00 e. The van der Waals surface area contributed by atoms with Crippen LogP contribution >= 0.6 is 0 Å². The molecule has 6 N–H and O–H groups in total. The van der Waals surface area contributed by atoms with Gasteiger partial charge in [0.2, 0.25) is 0 Å². The molecule has 0 saturated carbocycles. The second-order valence-electron chi connectivity index (χ2n) is 0. The minimum atomic E-state index is 0. The normalized spacial score (nSPS) is 0. The van der Waals surface area contributed by atoms with Crippen LogP contribution in [0.5, 0.6) is 0 Å². The van der Waals surface area contributed by atoms with Crippen molar-refractivity contribution in [2.45, 2.75) is 0 Å². The van der Waals surface area contributed by atoms with Gasteiger partial charge in [-0.2, -0.15) is 0 Å². The van der Waals surface area contributed by atoms with Gasteiger partial charge >= 0.3 is 23.1 Å². The number of halogens is 1. The van der Waals surface area contributed by atoms with Crippen molar-refractivity contribution in [3.05, 3.63) is 0 Å². The molecule has 0 aliphatic heterocycles. The van der Waals surface area contributed by atoms with E-state index in [9.17, 15) is 0 Å². The fraction of sp³-hybridized carbons (Fsp3) is 0. The molecule has 0 aromatic carbocycles. The molecule has 0 bridgehead atoms. The Kier molecular flexibility index (Phi) is 763. The topological polar surface area (TPSA) is 68.0 Å². The van der Waals surface area contributed by atoms with Crippen LogP contribution < -0.4 is 18.6 Å². The van der Waals surface area contributed by atoms with Crippen molar-refractivity contribution >= 4 is 23.1 Å². The minimum absolute atomic E-state index is 0. The maximum absolute atomic E-state index is 0. The summed E-state index contributed by atoms with van der Waals surface area (Å²) >= 11 is 0. The molecule has 0 aromatic rings. The first-order chi connectivity index (χ1) is 0. The Labute approximate surface area is 47.4 Å². The summed E-state index contributed by atoms with van der Waals surface area (Å²) < 4.78 is 0. The summed E-state index contributed by atoms with van der Waals surface area (Å²) in [6.07, 6.45) is 0. The molecule has 24 valence electrons. The van der Waals surface area contributed by atoms with Crippen molar-refractivity contribution in [1.82, 2.24) is 6.15 Å². The molecular weight excluding hydrogens is 89.8 g/mol. The second kappa shape index (κ2) is 37.0. The van der Waals surface area contributed by atoms with Crippen LogP contribution in [0.2, 0.25) is 0 Å². The Hall–Kier alpha value is 0.976. The molecule has 0 saturated heterocycles. The van der Waals surface area contributed by atoms with Crippen molar-refractivity contribution in [2.24, 2.45) is 0 Å². The number of hydrogen-bond donors (Lipinski definition) is 1. The van der Waals surface area contributed by atoms with Crippen LogP contribution in [-0.4, -0.2) is 28.5 Å². The summed E-state index contributed by atoms with van der Waals surface area (Å²) in [5.41, 5.74) is 0. The van der Waals surface area contributed by atoms with Gasteiger partial charge in [0.1, 0.15) is 0 Å². The molecule has 0 rings (SSSR count). The Morgan fingerprint density at radius 2 is 1.00 bits per heavy atom. The molecule has 0 unspecified atom stereocenters. The van der Waals surface area contributed by atoms with E-state index in [1.54, 1.807) is 0 Å². The third-order valence-electron chi connectivity index (χ3n) is 0. The van der Waals surface area contributed by atoms with Crippen molar-refractivity contribution in [2.75, 3.05) is 0 Å². The molecule has 0 amide bonds. The van der Waals surface area contributed by atoms with E-state index in [1.807, 2.05) is 0 Å². The van der Waals surface area contributed by atoms with Crippen LogP contribution in [0, 0.1) is 0 Å².